The first-order valence-corrected chi connectivity index (χ1v) is 18.2. The van der Waals surface area contributed by atoms with Crippen LogP contribution in [0.3, 0.4) is 0 Å². The van der Waals surface area contributed by atoms with Crippen LogP contribution >= 0.6 is 0 Å². The molecule has 0 unspecified atom stereocenters. The number of amides is 2. The number of carbonyl (C=O) groups is 2. The first kappa shape index (κ1) is 40.2. The van der Waals surface area contributed by atoms with Crippen molar-refractivity contribution in [1.82, 2.24) is 10.6 Å². The van der Waals surface area contributed by atoms with Crippen LogP contribution in [0.15, 0.2) is 36.5 Å². The van der Waals surface area contributed by atoms with Crippen LogP contribution < -0.4 is 10.6 Å². The predicted octanol–water partition coefficient (Wildman–Crippen LogP) is 11.1. The van der Waals surface area contributed by atoms with Gasteiger partial charge in [0.2, 0.25) is 11.8 Å². The van der Waals surface area contributed by atoms with E-state index in [2.05, 4.69) is 60.9 Å². The van der Waals surface area contributed by atoms with Crippen LogP contribution in [-0.4, -0.2) is 24.9 Å². The summed E-state index contributed by atoms with van der Waals surface area (Å²) >= 11 is 0. The van der Waals surface area contributed by atoms with Crippen molar-refractivity contribution in [2.24, 2.45) is 0 Å². The molecule has 0 aliphatic heterocycles. The molecule has 0 aromatic rings. The van der Waals surface area contributed by atoms with Gasteiger partial charge in [0.1, 0.15) is 0 Å². The van der Waals surface area contributed by atoms with Gasteiger partial charge in [-0.25, -0.2) is 0 Å². The number of nitrogens with one attached hydrogen (secondary N) is 2. The van der Waals surface area contributed by atoms with Crippen LogP contribution in [0.5, 0.6) is 0 Å². The van der Waals surface area contributed by atoms with Gasteiger partial charge in [-0.1, -0.05) is 134 Å². The molecule has 2 amide bonds. The first-order valence-electron chi connectivity index (χ1n) is 18.2. The van der Waals surface area contributed by atoms with Crippen LogP contribution in [0.4, 0.5) is 0 Å². The molecule has 4 nitrogen and oxygen atoms in total. The van der Waals surface area contributed by atoms with Crippen molar-refractivity contribution in [3.8, 4) is 0 Å². The molecule has 0 aliphatic rings. The molecular formula is C38H70N2O2. The summed E-state index contributed by atoms with van der Waals surface area (Å²) in [5.41, 5.74) is 0. The molecule has 0 saturated carbocycles. The van der Waals surface area contributed by atoms with E-state index in [-0.39, 0.29) is 11.8 Å². The van der Waals surface area contributed by atoms with Crippen molar-refractivity contribution in [3.05, 3.63) is 36.5 Å². The normalized spacial score (nSPS) is 11.8. The van der Waals surface area contributed by atoms with Gasteiger partial charge in [0.25, 0.3) is 0 Å². The highest BCUT2D eigenvalue weighted by Gasteiger charge is 2.03. The van der Waals surface area contributed by atoms with Crippen LogP contribution in [0, 0.1) is 0 Å². The molecule has 2 N–H and O–H groups in total. The lowest BCUT2D eigenvalue weighted by Crippen LogP contribution is -2.34. The number of unbranched alkanes of at least 4 members (excludes halogenated alkanes) is 19. The second-order valence-corrected chi connectivity index (χ2v) is 12.0. The minimum absolute atomic E-state index is 0.104. The average Bonchev–Trinajstić information content (AvgIpc) is 2.99. The zero-order valence-electron chi connectivity index (χ0n) is 28.1. The molecule has 0 heterocycles. The zero-order valence-corrected chi connectivity index (χ0v) is 28.1. The Balaban J connectivity index is 3.37. The molecule has 0 rings (SSSR count). The number of hydrogen-bond acceptors (Lipinski definition) is 2. The molecule has 0 bridgehead atoms. The van der Waals surface area contributed by atoms with Crippen molar-refractivity contribution >= 4 is 11.8 Å². The van der Waals surface area contributed by atoms with E-state index >= 15 is 0 Å². The van der Waals surface area contributed by atoms with Gasteiger partial charge in [0.05, 0.1) is 0 Å². The smallest absolute Gasteiger partial charge is 0.220 e. The highest BCUT2D eigenvalue weighted by molar-refractivity contribution is 5.77. The summed E-state index contributed by atoms with van der Waals surface area (Å²) in [6.45, 7) is 5.56. The lowest BCUT2D eigenvalue weighted by molar-refractivity contribution is -0.123. The molecule has 0 radical (unpaired) electrons. The molecule has 4 heteroatoms. The fraction of sp³-hybridized carbons (Fsp3) is 0.789. The second-order valence-electron chi connectivity index (χ2n) is 12.0. The summed E-state index contributed by atoms with van der Waals surface area (Å²) in [5, 5.41) is 5.87. The molecule has 0 aromatic heterocycles. The summed E-state index contributed by atoms with van der Waals surface area (Å²) < 4.78 is 0. The van der Waals surface area contributed by atoms with E-state index in [0.717, 1.165) is 38.5 Å². The SMILES string of the molecule is CCCCC/C=C\C/C=C\CCCCCCCC(=O)NCCNC(=O)CCCCCCC/C=C\CCCCCCCC. The Morgan fingerprint density at radius 1 is 0.405 bits per heavy atom. The maximum absolute atomic E-state index is 12.0. The number of hydrogen-bond donors (Lipinski definition) is 2. The Morgan fingerprint density at radius 2 is 0.714 bits per heavy atom. The van der Waals surface area contributed by atoms with Gasteiger partial charge in [-0.2, -0.15) is 0 Å². The number of allylic oxidation sites excluding steroid dienone is 6. The minimum Gasteiger partial charge on any atom is -0.354 e. The van der Waals surface area contributed by atoms with Crippen LogP contribution in [0.2, 0.25) is 0 Å². The average molecular weight is 587 g/mol. The van der Waals surface area contributed by atoms with Gasteiger partial charge in [0, 0.05) is 25.9 Å². The Bertz CT molecular complexity index is 668. The van der Waals surface area contributed by atoms with Crippen molar-refractivity contribution in [1.29, 1.82) is 0 Å². The molecule has 0 fully saturated rings. The standard InChI is InChI=1S/C38H70N2O2/c1-3-5-7-9-11-13-15-17-19-21-23-25-27-29-31-33-37(41)39-35-36-40-38(42)34-32-30-28-26-24-22-20-18-16-14-12-10-8-6-4-2/h11,13,17-20H,3-10,12,14-16,21-36H2,1-2H3,(H,39,41)(H,40,42)/b13-11-,19-17-,20-18-. The van der Waals surface area contributed by atoms with Gasteiger partial charge in [-0.05, 0) is 70.6 Å². The molecular weight excluding hydrogens is 516 g/mol. The lowest BCUT2D eigenvalue weighted by Gasteiger charge is -2.07. The Kier molecular flexibility index (Phi) is 33.8. The van der Waals surface area contributed by atoms with Crippen LogP contribution in [-0.2, 0) is 9.59 Å². The van der Waals surface area contributed by atoms with Gasteiger partial charge in [0.15, 0.2) is 0 Å². The van der Waals surface area contributed by atoms with E-state index < -0.39 is 0 Å². The van der Waals surface area contributed by atoms with E-state index in [1.54, 1.807) is 0 Å². The monoisotopic (exact) mass is 587 g/mol. The second kappa shape index (κ2) is 35.4. The van der Waals surface area contributed by atoms with Gasteiger partial charge in [-0.15, -0.1) is 0 Å². The molecule has 244 valence electrons. The fourth-order valence-electron chi connectivity index (χ4n) is 5.03. The number of rotatable bonds is 32. The third-order valence-electron chi connectivity index (χ3n) is 7.79. The Morgan fingerprint density at radius 3 is 1.14 bits per heavy atom. The highest BCUT2D eigenvalue weighted by Crippen LogP contribution is 2.10. The minimum atomic E-state index is 0.104. The van der Waals surface area contributed by atoms with Crippen molar-refractivity contribution < 1.29 is 9.59 Å². The fourth-order valence-corrected chi connectivity index (χ4v) is 5.03. The quantitative estimate of drug-likeness (QED) is 0.0608. The van der Waals surface area contributed by atoms with Gasteiger partial charge < -0.3 is 10.6 Å². The largest absolute Gasteiger partial charge is 0.354 e. The van der Waals surface area contributed by atoms with Crippen LogP contribution in [0.25, 0.3) is 0 Å². The molecule has 0 spiro atoms. The third-order valence-corrected chi connectivity index (χ3v) is 7.79. The Labute approximate surface area is 262 Å². The molecule has 0 saturated heterocycles. The summed E-state index contributed by atoms with van der Waals surface area (Å²) in [6.07, 6.45) is 44.7. The summed E-state index contributed by atoms with van der Waals surface area (Å²) in [6, 6.07) is 0. The first-order chi connectivity index (χ1) is 20.7. The van der Waals surface area contributed by atoms with Crippen molar-refractivity contribution in [2.45, 2.75) is 181 Å². The van der Waals surface area contributed by atoms with E-state index in [4.69, 9.17) is 0 Å². The lowest BCUT2D eigenvalue weighted by atomic mass is 10.1. The van der Waals surface area contributed by atoms with Crippen molar-refractivity contribution in [3.63, 3.8) is 0 Å². The highest BCUT2D eigenvalue weighted by atomic mass is 16.2. The maximum atomic E-state index is 12.0. The molecule has 0 atom stereocenters. The van der Waals surface area contributed by atoms with Gasteiger partial charge in [-0.3, -0.25) is 9.59 Å². The number of carbonyl (C=O) groups excluding carboxylic acids is 2. The summed E-state index contributed by atoms with van der Waals surface area (Å²) in [4.78, 5) is 24.0. The zero-order chi connectivity index (χ0) is 30.6. The summed E-state index contributed by atoms with van der Waals surface area (Å²) in [5.74, 6) is 0.211. The maximum Gasteiger partial charge on any atom is 0.220 e. The predicted molar refractivity (Wildman–Crippen MR) is 185 cm³/mol. The van der Waals surface area contributed by atoms with E-state index in [0.29, 0.717) is 25.9 Å². The molecule has 0 aliphatic carbocycles. The van der Waals surface area contributed by atoms with E-state index in [9.17, 15) is 9.59 Å². The van der Waals surface area contributed by atoms with E-state index in [1.165, 1.54) is 116 Å². The topological polar surface area (TPSA) is 58.2 Å². The molecule has 0 aromatic carbocycles. The van der Waals surface area contributed by atoms with Crippen molar-refractivity contribution in [2.75, 3.05) is 13.1 Å². The Hall–Kier alpha value is -1.84. The summed E-state index contributed by atoms with van der Waals surface area (Å²) in [7, 11) is 0. The molecule has 42 heavy (non-hydrogen) atoms. The van der Waals surface area contributed by atoms with Gasteiger partial charge >= 0.3 is 0 Å². The third kappa shape index (κ3) is 34.4. The van der Waals surface area contributed by atoms with Crippen LogP contribution in [0.1, 0.15) is 181 Å². The van der Waals surface area contributed by atoms with E-state index in [1.807, 2.05) is 0 Å².